The summed E-state index contributed by atoms with van der Waals surface area (Å²) in [5.74, 6) is 0.581. The normalized spacial score (nSPS) is 16.2. The average molecular weight is 374 g/mol. The topological polar surface area (TPSA) is 58.4 Å². The Balaban J connectivity index is 1.71. The highest BCUT2D eigenvalue weighted by molar-refractivity contribution is 6.36. The standard InChI is InChI=1S/C18H13Cl2N3O2/c19-11-5-6-15(14(20)9-11)22-17-16-13(4-1-7-21-16)18(24)23(17)10-12-3-2-8-25-12/h1-9,17,22H,10H2/t17-/m0/s1. The van der Waals surface area contributed by atoms with E-state index in [9.17, 15) is 4.79 Å². The highest BCUT2D eigenvalue weighted by Gasteiger charge is 2.38. The van der Waals surface area contributed by atoms with Gasteiger partial charge in [0.05, 0.1) is 34.8 Å². The van der Waals surface area contributed by atoms with E-state index in [-0.39, 0.29) is 5.91 Å². The van der Waals surface area contributed by atoms with Crippen LogP contribution >= 0.6 is 23.2 Å². The van der Waals surface area contributed by atoms with Crippen LogP contribution < -0.4 is 5.32 Å². The van der Waals surface area contributed by atoms with Crippen molar-refractivity contribution in [3.63, 3.8) is 0 Å². The maximum absolute atomic E-state index is 12.8. The third kappa shape index (κ3) is 2.97. The van der Waals surface area contributed by atoms with E-state index in [4.69, 9.17) is 27.6 Å². The minimum atomic E-state index is -0.451. The fraction of sp³-hybridized carbons (Fsp3) is 0.111. The molecule has 1 amide bonds. The first-order chi connectivity index (χ1) is 12.1. The van der Waals surface area contributed by atoms with Crippen molar-refractivity contribution in [2.24, 2.45) is 0 Å². The molecule has 1 aliphatic rings. The van der Waals surface area contributed by atoms with Crippen molar-refractivity contribution in [2.75, 3.05) is 5.32 Å². The Bertz CT molecular complexity index is 928. The van der Waals surface area contributed by atoms with Gasteiger partial charge in [0.2, 0.25) is 0 Å². The van der Waals surface area contributed by atoms with Crippen molar-refractivity contribution in [2.45, 2.75) is 12.7 Å². The molecule has 7 heteroatoms. The van der Waals surface area contributed by atoms with E-state index in [0.717, 1.165) is 0 Å². The van der Waals surface area contributed by atoms with Gasteiger partial charge in [-0.05, 0) is 42.5 Å². The average Bonchev–Trinajstić information content (AvgIpc) is 3.20. The molecule has 0 aliphatic carbocycles. The Kier molecular flexibility index (Phi) is 4.11. The van der Waals surface area contributed by atoms with E-state index in [2.05, 4.69) is 10.3 Å². The summed E-state index contributed by atoms with van der Waals surface area (Å²) in [4.78, 5) is 18.9. The highest BCUT2D eigenvalue weighted by Crippen LogP contribution is 2.36. The SMILES string of the molecule is O=C1c2cccnc2[C@@H](Nc2ccc(Cl)cc2Cl)N1Cc1ccco1. The van der Waals surface area contributed by atoms with Gasteiger partial charge < -0.3 is 14.6 Å². The smallest absolute Gasteiger partial charge is 0.258 e. The van der Waals surface area contributed by atoms with Crippen molar-refractivity contribution in [3.05, 3.63) is 82.0 Å². The first-order valence-electron chi connectivity index (χ1n) is 7.63. The number of hydrogen-bond donors (Lipinski definition) is 1. The number of rotatable bonds is 4. The monoisotopic (exact) mass is 373 g/mol. The summed E-state index contributed by atoms with van der Waals surface area (Å²) in [7, 11) is 0. The lowest BCUT2D eigenvalue weighted by molar-refractivity contribution is 0.0714. The largest absolute Gasteiger partial charge is 0.467 e. The predicted molar refractivity (Wildman–Crippen MR) is 95.6 cm³/mol. The van der Waals surface area contributed by atoms with Crippen LogP contribution in [0.15, 0.2) is 59.3 Å². The van der Waals surface area contributed by atoms with Crippen LogP contribution in [0.25, 0.3) is 0 Å². The minimum absolute atomic E-state index is 0.109. The van der Waals surface area contributed by atoms with Crippen molar-refractivity contribution in [3.8, 4) is 0 Å². The number of nitrogens with one attached hydrogen (secondary N) is 1. The molecule has 4 rings (SSSR count). The molecule has 25 heavy (non-hydrogen) atoms. The lowest BCUT2D eigenvalue weighted by atomic mass is 10.2. The second-order valence-electron chi connectivity index (χ2n) is 5.62. The molecule has 126 valence electrons. The number of halogens is 2. The number of aromatic nitrogens is 1. The fourth-order valence-corrected chi connectivity index (χ4v) is 3.33. The molecule has 1 aromatic carbocycles. The third-order valence-electron chi connectivity index (χ3n) is 4.03. The summed E-state index contributed by atoms with van der Waals surface area (Å²) in [6, 6.07) is 12.3. The van der Waals surface area contributed by atoms with Gasteiger partial charge in [-0.15, -0.1) is 0 Å². The predicted octanol–water partition coefficient (Wildman–Crippen LogP) is 4.75. The van der Waals surface area contributed by atoms with Crippen molar-refractivity contribution < 1.29 is 9.21 Å². The Morgan fingerprint density at radius 2 is 2.08 bits per heavy atom. The van der Waals surface area contributed by atoms with Gasteiger partial charge >= 0.3 is 0 Å². The number of benzene rings is 1. The molecule has 3 heterocycles. The first kappa shape index (κ1) is 16.0. The molecular formula is C18H13Cl2N3O2. The number of furan rings is 1. The van der Waals surface area contributed by atoms with Crippen molar-refractivity contribution in [1.29, 1.82) is 0 Å². The number of fused-ring (bicyclic) bond motifs is 1. The van der Waals surface area contributed by atoms with Gasteiger partial charge in [-0.25, -0.2) is 0 Å². The molecule has 0 spiro atoms. The quantitative estimate of drug-likeness (QED) is 0.716. The summed E-state index contributed by atoms with van der Waals surface area (Å²) >= 11 is 12.2. The van der Waals surface area contributed by atoms with Crippen LogP contribution in [0.4, 0.5) is 5.69 Å². The second-order valence-corrected chi connectivity index (χ2v) is 6.46. The van der Waals surface area contributed by atoms with Gasteiger partial charge in [0.25, 0.3) is 5.91 Å². The number of pyridine rings is 1. The van der Waals surface area contributed by atoms with Crippen LogP contribution in [-0.4, -0.2) is 15.8 Å². The first-order valence-corrected chi connectivity index (χ1v) is 8.39. The molecule has 2 aromatic heterocycles. The van der Waals surface area contributed by atoms with Gasteiger partial charge in [0, 0.05) is 11.2 Å². The number of carbonyl (C=O) groups excluding carboxylic acids is 1. The molecule has 1 N–H and O–H groups in total. The highest BCUT2D eigenvalue weighted by atomic mass is 35.5. The number of carbonyl (C=O) groups is 1. The molecule has 0 fully saturated rings. The van der Waals surface area contributed by atoms with E-state index in [1.165, 1.54) is 0 Å². The van der Waals surface area contributed by atoms with Gasteiger partial charge in [-0.1, -0.05) is 23.2 Å². The Morgan fingerprint density at radius 3 is 2.84 bits per heavy atom. The molecule has 0 saturated heterocycles. The van der Waals surface area contributed by atoms with Crippen LogP contribution in [0.5, 0.6) is 0 Å². The van der Waals surface area contributed by atoms with E-state index >= 15 is 0 Å². The van der Waals surface area contributed by atoms with Crippen molar-refractivity contribution in [1.82, 2.24) is 9.88 Å². The van der Waals surface area contributed by atoms with Crippen LogP contribution in [0, 0.1) is 0 Å². The minimum Gasteiger partial charge on any atom is -0.467 e. The molecule has 0 saturated carbocycles. The second kappa shape index (κ2) is 6.43. The lowest BCUT2D eigenvalue weighted by Crippen LogP contribution is -2.32. The zero-order valence-electron chi connectivity index (χ0n) is 12.9. The maximum atomic E-state index is 12.8. The number of anilines is 1. The number of amides is 1. The fourth-order valence-electron chi connectivity index (χ4n) is 2.87. The summed E-state index contributed by atoms with van der Waals surface area (Å²) in [6.07, 6.45) is 2.80. The lowest BCUT2D eigenvalue weighted by Gasteiger charge is -2.26. The maximum Gasteiger partial charge on any atom is 0.258 e. The number of nitrogens with zero attached hydrogens (tertiary/aromatic N) is 2. The molecule has 0 radical (unpaired) electrons. The van der Waals surface area contributed by atoms with E-state index in [1.807, 2.05) is 6.07 Å². The molecular weight excluding hydrogens is 361 g/mol. The van der Waals surface area contributed by atoms with Crippen LogP contribution in [-0.2, 0) is 6.54 Å². The van der Waals surface area contributed by atoms with Gasteiger partial charge in [-0.3, -0.25) is 9.78 Å². The Hall–Kier alpha value is -2.50. The Labute approximate surface area is 154 Å². The van der Waals surface area contributed by atoms with E-state index < -0.39 is 6.17 Å². The summed E-state index contributed by atoms with van der Waals surface area (Å²) < 4.78 is 5.40. The van der Waals surface area contributed by atoms with Crippen LogP contribution in [0.2, 0.25) is 10.0 Å². The van der Waals surface area contributed by atoms with E-state index in [0.29, 0.717) is 39.3 Å². The van der Waals surface area contributed by atoms with Gasteiger partial charge in [0.1, 0.15) is 11.9 Å². The molecule has 3 aromatic rings. The van der Waals surface area contributed by atoms with E-state index in [1.54, 1.807) is 53.8 Å². The molecule has 0 unspecified atom stereocenters. The molecule has 0 bridgehead atoms. The van der Waals surface area contributed by atoms with Crippen LogP contribution in [0.1, 0.15) is 28.0 Å². The summed E-state index contributed by atoms with van der Waals surface area (Å²) in [6.45, 7) is 0.324. The Morgan fingerprint density at radius 1 is 1.20 bits per heavy atom. The molecule has 5 nitrogen and oxygen atoms in total. The van der Waals surface area contributed by atoms with Crippen molar-refractivity contribution >= 4 is 34.8 Å². The van der Waals surface area contributed by atoms with Crippen LogP contribution in [0.3, 0.4) is 0 Å². The zero-order chi connectivity index (χ0) is 17.4. The molecule has 1 atom stereocenters. The third-order valence-corrected chi connectivity index (χ3v) is 4.58. The zero-order valence-corrected chi connectivity index (χ0v) is 14.5. The van der Waals surface area contributed by atoms with Gasteiger partial charge in [-0.2, -0.15) is 0 Å². The summed E-state index contributed by atoms with van der Waals surface area (Å²) in [5.41, 5.74) is 1.90. The number of hydrogen-bond acceptors (Lipinski definition) is 4. The van der Waals surface area contributed by atoms with Gasteiger partial charge in [0.15, 0.2) is 0 Å². The molecule has 1 aliphatic heterocycles. The summed E-state index contributed by atoms with van der Waals surface area (Å²) in [5, 5.41) is 4.32.